The van der Waals surface area contributed by atoms with Gasteiger partial charge in [0.05, 0.1) is 25.4 Å². The van der Waals surface area contributed by atoms with E-state index < -0.39 is 0 Å². The summed E-state index contributed by atoms with van der Waals surface area (Å²) < 4.78 is 13.5. The van der Waals surface area contributed by atoms with E-state index in [1.807, 2.05) is 34.9 Å². The van der Waals surface area contributed by atoms with E-state index in [1.165, 1.54) is 0 Å². The van der Waals surface area contributed by atoms with Crippen molar-refractivity contribution in [3.05, 3.63) is 48.3 Å². The molecule has 0 radical (unpaired) electrons. The first kappa shape index (κ1) is 20.4. The molecule has 1 N–H and O–H groups in total. The predicted molar refractivity (Wildman–Crippen MR) is 120 cm³/mol. The monoisotopic (exact) mass is 434 g/mol. The van der Waals surface area contributed by atoms with Gasteiger partial charge in [-0.25, -0.2) is 4.98 Å². The molecule has 4 heterocycles. The number of amides is 1. The molecule has 0 saturated carbocycles. The summed E-state index contributed by atoms with van der Waals surface area (Å²) in [6.07, 6.45) is 4.60. The zero-order chi connectivity index (χ0) is 21.8. The van der Waals surface area contributed by atoms with Gasteiger partial charge in [0.2, 0.25) is 0 Å². The first-order valence-electron chi connectivity index (χ1n) is 11.0. The second-order valence-electron chi connectivity index (χ2n) is 7.90. The highest BCUT2D eigenvalue weighted by atomic mass is 16.5. The van der Waals surface area contributed by atoms with Crippen LogP contribution in [0.4, 0.5) is 11.5 Å². The number of ether oxygens (including phenoxy) is 2. The number of carbonyl (C=O) groups excluding carboxylic acids is 1. The van der Waals surface area contributed by atoms with E-state index in [2.05, 4.69) is 25.4 Å². The Morgan fingerprint density at radius 2 is 1.88 bits per heavy atom. The van der Waals surface area contributed by atoms with Gasteiger partial charge in [0.15, 0.2) is 5.82 Å². The number of benzene rings is 1. The minimum Gasteiger partial charge on any atom is -0.493 e. The van der Waals surface area contributed by atoms with Gasteiger partial charge in [-0.05, 0) is 49.6 Å². The number of carbonyl (C=O) groups is 1. The lowest BCUT2D eigenvalue weighted by molar-refractivity contribution is 0.102. The molecule has 1 amide bonds. The van der Waals surface area contributed by atoms with Gasteiger partial charge in [0.25, 0.3) is 5.91 Å². The Bertz CT molecular complexity index is 1090. The molecular formula is C23H26N6O3. The number of pyridine rings is 1. The number of morpholine rings is 1. The lowest BCUT2D eigenvalue weighted by Crippen LogP contribution is -2.36. The number of anilines is 2. The lowest BCUT2D eigenvalue weighted by Gasteiger charge is -2.29. The van der Waals surface area contributed by atoms with Crippen LogP contribution in [0.3, 0.4) is 0 Å². The Labute approximate surface area is 186 Å². The molecule has 0 atom stereocenters. The fourth-order valence-corrected chi connectivity index (χ4v) is 4.01. The van der Waals surface area contributed by atoms with Crippen molar-refractivity contribution in [2.75, 3.05) is 43.1 Å². The van der Waals surface area contributed by atoms with Crippen LogP contribution in [0.5, 0.6) is 5.75 Å². The van der Waals surface area contributed by atoms with Gasteiger partial charge in [0.1, 0.15) is 23.6 Å². The Hall–Kier alpha value is -3.46. The Balaban J connectivity index is 1.48. The van der Waals surface area contributed by atoms with Crippen molar-refractivity contribution in [1.29, 1.82) is 0 Å². The summed E-state index contributed by atoms with van der Waals surface area (Å²) >= 11 is 0. The van der Waals surface area contributed by atoms with Gasteiger partial charge in [-0.1, -0.05) is 6.07 Å². The smallest absolute Gasteiger partial charge is 0.260 e. The number of aromatic nitrogens is 4. The molecular weight excluding hydrogens is 408 g/mol. The molecule has 1 aromatic carbocycles. The van der Waals surface area contributed by atoms with Crippen LogP contribution in [0.1, 0.15) is 29.6 Å². The number of hydrogen-bond acceptors (Lipinski definition) is 7. The topological polar surface area (TPSA) is 94.4 Å². The third-order valence-electron chi connectivity index (χ3n) is 5.72. The van der Waals surface area contributed by atoms with Crippen molar-refractivity contribution in [2.45, 2.75) is 25.8 Å². The molecule has 2 aliphatic heterocycles. The van der Waals surface area contributed by atoms with Gasteiger partial charge < -0.3 is 24.3 Å². The summed E-state index contributed by atoms with van der Waals surface area (Å²) in [4.78, 5) is 20.1. The maximum Gasteiger partial charge on any atom is 0.260 e. The molecule has 0 spiro atoms. The third-order valence-corrected chi connectivity index (χ3v) is 5.72. The lowest BCUT2D eigenvalue weighted by atomic mass is 10.1. The molecule has 3 aromatic rings. The van der Waals surface area contributed by atoms with Crippen molar-refractivity contribution in [3.63, 3.8) is 0 Å². The highest BCUT2D eigenvalue weighted by molar-refractivity contribution is 6.06. The summed E-state index contributed by atoms with van der Waals surface area (Å²) in [5.41, 5.74) is 2.16. The molecule has 1 saturated heterocycles. The average molecular weight is 435 g/mol. The SMILES string of the molecule is O=C1Nc2cccc(n2)-c2nncn2CCCCCOc2ccc(N3CCOCC3)cc21. The van der Waals surface area contributed by atoms with Crippen molar-refractivity contribution in [2.24, 2.45) is 0 Å². The van der Waals surface area contributed by atoms with Crippen LogP contribution in [0, 0.1) is 0 Å². The Kier molecular flexibility index (Phi) is 5.98. The van der Waals surface area contributed by atoms with Crippen LogP contribution in [0.25, 0.3) is 11.5 Å². The van der Waals surface area contributed by atoms with E-state index in [1.54, 1.807) is 12.4 Å². The first-order valence-corrected chi connectivity index (χ1v) is 11.0. The summed E-state index contributed by atoms with van der Waals surface area (Å²) in [6, 6.07) is 11.3. The molecule has 2 aromatic heterocycles. The minimum absolute atomic E-state index is 0.254. The van der Waals surface area contributed by atoms with Crippen LogP contribution < -0.4 is 15.0 Å². The maximum atomic E-state index is 13.3. The van der Waals surface area contributed by atoms with Crippen LogP contribution in [-0.4, -0.2) is 58.6 Å². The van der Waals surface area contributed by atoms with E-state index >= 15 is 0 Å². The number of aryl methyl sites for hydroxylation is 1. The predicted octanol–water partition coefficient (Wildman–Crippen LogP) is 2.99. The fraction of sp³-hybridized carbons (Fsp3) is 0.391. The van der Waals surface area contributed by atoms with E-state index in [0.29, 0.717) is 48.5 Å². The van der Waals surface area contributed by atoms with E-state index in [4.69, 9.17) is 9.47 Å². The van der Waals surface area contributed by atoms with Gasteiger partial charge in [-0.3, -0.25) is 4.79 Å². The van der Waals surface area contributed by atoms with E-state index in [0.717, 1.165) is 44.6 Å². The molecule has 9 nitrogen and oxygen atoms in total. The van der Waals surface area contributed by atoms with E-state index in [-0.39, 0.29) is 5.91 Å². The summed E-state index contributed by atoms with van der Waals surface area (Å²) in [5.74, 6) is 1.49. The molecule has 0 aliphatic carbocycles. The molecule has 2 bridgehead atoms. The number of rotatable bonds is 1. The molecule has 5 rings (SSSR count). The summed E-state index contributed by atoms with van der Waals surface area (Å²) in [5, 5.41) is 11.2. The molecule has 2 aliphatic rings. The van der Waals surface area contributed by atoms with Crippen molar-refractivity contribution >= 4 is 17.4 Å². The van der Waals surface area contributed by atoms with Gasteiger partial charge in [0, 0.05) is 25.3 Å². The van der Waals surface area contributed by atoms with Gasteiger partial charge >= 0.3 is 0 Å². The first-order chi connectivity index (χ1) is 15.8. The quantitative estimate of drug-likeness (QED) is 0.629. The third kappa shape index (κ3) is 4.43. The maximum absolute atomic E-state index is 13.3. The second kappa shape index (κ2) is 9.35. The Morgan fingerprint density at radius 3 is 2.78 bits per heavy atom. The normalized spacial score (nSPS) is 17.2. The number of fused-ring (bicyclic) bond motifs is 5. The second-order valence-corrected chi connectivity index (χ2v) is 7.90. The van der Waals surface area contributed by atoms with Crippen LogP contribution in [0.15, 0.2) is 42.7 Å². The molecule has 9 heteroatoms. The highest BCUT2D eigenvalue weighted by Crippen LogP contribution is 2.28. The molecule has 32 heavy (non-hydrogen) atoms. The average Bonchev–Trinajstić information content (AvgIpc) is 3.30. The van der Waals surface area contributed by atoms with E-state index in [9.17, 15) is 4.79 Å². The highest BCUT2D eigenvalue weighted by Gasteiger charge is 2.19. The molecule has 1 fully saturated rings. The van der Waals surface area contributed by atoms with Crippen LogP contribution in [0.2, 0.25) is 0 Å². The largest absolute Gasteiger partial charge is 0.493 e. The van der Waals surface area contributed by atoms with Crippen molar-refractivity contribution in [1.82, 2.24) is 19.7 Å². The van der Waals surface area contributed by atoms with Crippen molar-refractivity contribution < 1.29 is 14.3 Å². The van der Waals surface area contributed by atoms with Crippen molar-refractivity contribution in [3.8, 4) is 17.3 Å². The standard InChI is InChI=1S/C23H26N6O3/c30-23-18-15-17(28-10-13-31-14-11-28)7-8-20(18)32-12-3-1-2-9-29-16-24-27-22(29)19-5-4-6-21(25-19)26-23/h4-8,15-16H,1-3,9-14H2,(H,25,26,30). The zero-order valence-corrected chi connectivity index (χ0v) is 17.9. The van der Waals surface area contributed by atoms with Crippen LogP contribution in [-0.2, 0) is 11.3 Å². The molecule has 0 unspecified atom stereocenters. The number of hydrogen-bond donors (Lipinski definition) is 1. The summed E-state index contributed by atoms with van der Waals surface area (Å²) in [6.45, 7) is 4.32. The minimum atomic E-state index is -0.254. The zero-order valence-electron chi connectivity index (χ0n) is 17.9. The number of nitrogens with zero attached hydrogens (tertiary/aromatic N) is 5. The van der Waals surface area contributed by atoms with Crippen LogP contribution >= 0.6 is 0 Å². The fourth-order valence-electron chi connectivity index (χ4n) is 4.01. The summed E-state index contributed by atoms with van der Waals surface area (Å²) in [7, 11) is 0. The van der Waals surface area contributed by atoms with Gasteiger partial charge in [-0.2, -0.15) is 0 Å². The Morgan fingerprint density at radius 1 is 0.969 bits per heavy atom. The molecule has 166 valence electrons. The van der Waals surface area contributed by atoms with Gasteiger partial charge in [-0.15, -0.1) is 10.2 Å². The number of nitrogens with one attached hydrogen (secondary N) is 1.